The van der Waals surface area contributed by atoms with E-state index in [-0.39, 0.29) is 6.04 Å². The van der Waals surface area contributed by atoms with Crippen molar-refractivity contribution < 1.29 is 9.47 Å². The van der Waals surface area contributed by atoms with Crippen LogP contribution in [0.25, 0.3) is 0 Å². The summed E-state index contributed by atoms with van der Waals surface area (Å²) in [6, 6.07) is 5.93. The summed E-state index contributed by atoms with van der Waals surface area (Å²) in [6.07, 6.45) is 3.53. The number of benzene rings is 1. The zero-order valence-electron chi connectivity index (χ0n) is 12.7. The number of ether oxygens (including phenoxy) is 2. The third-order valence-corrected chi connectivity index (χ3v) is 3.31. The third-order valence-electron chi connectivity index (χ3n) is 3.31. The van der Waals surface area contributed by atoms with Crippen LogP contribution in [0.3, 0.4) is 0 Å². The van der Waals surface area contributed by atoms with Gasteiger partial charge in [-0.25, -0.2) is 0 Å². The van der Waals surface area contributed by atoms with Gasteiger partial charge < -0.3 is 15.2 Å². The summed E-state index contributed by atoms with van der Waals surface area (Å²) < 4.78 is 12.8. The van der Waals surface area contributed by atoms with Crippen molar-refractivity contribution >= 4 is 0 Å². The summed E-state index contributed by atoms with van der Waals surface area (Å²) >= 11 is 0. The summed E-state index contributed by atoms with van der Waals surface area (Å²) in [5.41, 5.74) is 7.90. The first-order valence-electron chi connectivity index (χ1n) is 7.02. The Labute approximate surface area is 124 Å². The largest absolute Gasteiger partial charge is 0.497 e. The number of rotatable bonds is 7. The molecule has 21 heavy (non-hydrogen) atoms. The lowest BCUT2D eigenvalue weighted by molar-refractivity contribution is 0.295. The van der Waals surface area contributed by atoms with Gasteiger partial charge >= 0.3 is 0 Å². The number of nitrogens with two attached hydrogens (primary N) is 1. The SMILES string of the molecule is CCC(N)Cc1ccc(OC)cc1OCc1cn(C)nn1. The maximum Gasteiger partial charge on any atom is 0.134 e. The Morgan fingerprint density at radius 3 is 2.81 bits per heavy atom. The fraction of sp³-hybridized carbons (Fsp3) is 0.467. The summed E-state index contributed by atoms with van der Waals surface area (Å²) in [7, 11) is 3.47. The second-order valence-electron chi connectivity index (χ2n) is 5.02. The molecular formula is C15H22N4O2. The van der Waals surface area contributed by atoms with Gasteiger partial charge in [0.25, 0.3) is 0 Å². The van der Waals surface area contributed by atoms with Crippen LogP contribution in [0, 0.1) is 0 Å². The van der Waals surface area contributed by atoms with Gasteiger partial charge in [-0.15, -0.1) is 5.10 Å². The molecular weight excluding hydrogens is 268 g/mol. The van der Waals surface area contributed by atoms with E-state index in [1.807, 2.05) is 31.4 Å². The van der Waals surface area contributed by atoms with E-state index in [0.717, 1.165) is 35.6 Å². The molecule has 0 fully saturated rings. The lowest BCUT2D eigenvalue weighted by Gasteiger charge is -2.15. The van der Waals surface area contributed by atoms with Crippen LogP contribution >= 0.6 is 0 Å². The molecule has 2 aromatic rings. The number of nitrogens with zero attached hydrogens (tertiary/aromatic N) is 3. The van der Waals surface area contributed by atoms with Crippen molar-refractivity contribution in [2.75, 3.05) is 7.11 Å². The van der Waals surface area contributed by atoms with Gasteiger partial charge in [0.05, 0.1) is 13.3 Å². The third kappa shape index (κ3) is 4.19. The van der Waals surface area contributed by atoms with Crippen LogP contribution in [0.2, 0.25) is 0 Å². The summed E-state index contributed by atoms with van der Waals surface area (Å²) in [5, 5.41) is 7.90. The van der Waals surface area contributed by atoms with Gasteiger partial charge in [-0.3, -0.25) is 4.68 Å². The first kappa shape index (κ1) is 15.3. The molecule has 0 aliphatic heterocycles. The minimum absolute atomic E-state index is 0.122. The van der Waals surface area contributed by atoms with Crippen molar-refractivity contribution in [2.24, 2.45) is 12.8 Å². The monoisotopic (exact) mass is 290 g/mol. The number of methoxy groups -OCH3 is 1. The number of aryl methyl sites for hydroxylation is 1. The standard InChI is InChI=1S/C15H22N4O2/c1-4-12(16)7-11-5-6-14(20-3)8-15(11)21-10-13-9-19(2)18-17-13/h5-6,8-9,12H,4,7,10,16H2,1-3H3. The quantitative estimate of drug-likeness (QED) is 0.839. The van der Waals surface area contributed by atoms with E-state index in [4.69, 9.17) is 15.2 Å². The highest BCUT2D eigenvalue weighted by atomic mass is 16.5. The van der Waals surface area contributed by atoms with E-state index in [1.165, 1.54) is 0 Å². The Kier molecular flexibility index (Phi) is 5.16. The van der Waals surface area contributed by atoms with Crippen LogP contribution in [-0.4, -0.2) is 28.1 Å². The van der Waals surface area contributed by atoms with Gasteiger partial charge in [-0.1, -0.05) is 18.2 Å². The minimum Gasteiger partial charge on any atom is -0.497 e. The Hall–Kier alpha value is -2.08. The summed E-state index contributed by atoms with van der Waals surface area (Å²) in [5.74, 6) is 1.54. The number of aromatic nitrogens is 3. The van der Waals surface area contributed by atoms with Crippen LogP contribution < -0.4 is 15.2 Å². The highest BCUT2D eigenvalue weighted by molar-refractivity contribution is 5.41. The number of hydrogen-bond donors (Lipinski definition) is 1. The van der Waals surface area contributed by atoms with Crippen molar-refractivity contribution in [1.29, 1.82) is 0 Å². The first-order chi connectivity index (χ1) is 10.1. The van der Waals surface area contributed by atoms with E-state index in [2.05, 4.69) is 17.2 Å². The molecule has 1 heterocycles. The topological polar surface area (TPSA) is 75.2 Å². The molecule has 1 unspecified atom stereocenters. The molecule has 0 spiro atoms. The molecule has 0 aliphatic rings. The molecule has 6 nitrogen and oxygen atoms in total. The molecule has 6 heteroatoms. The molecule has 2 rings (SSSR count). The van der Waals surface area contributed by atoms with Gasteiger partial charge in [0, 0.05) is 19.2 Å². The van der Waals surface area contributed by atoms with E-state index < -0.39 is 0 Å². The van der Waals surface area contributed by atoms with E-state index in [9.17, 15) is 0 Å². The van der Waals surface area contributed by atoms with Gasteiger partial charge in [-0.2, -0.15) is 0 Å². The van der Waals surface area contributed by atoms with Crippen LogP contribution in [0.5, 0.6) is 11.5 Å². The molecule has 0 saturated heterocycles. The molecule has 1 aromatic heterocycles. The Bertz CT molecular complexity index is 583. The molecule has 0 aliphatic carbocycles. The Morgan fingerprint density at radius 2 is 2.19 bits per heavy atom. The molecule has 114 valence electrons. The average molecular weight is 290 g/mol. The van der Waals surface area contributed by atoms with E-state index in [1.54, 1.807) is 11.8 Å². The van der Waals surface area contributed by atoms with Crippen molar-refractivity contribution in [1.82, 2.24) is 15.0 Å². The predicted octanol–water partition coefficient (Wildman–Crippen LogP) is 1.68. The van der Waals surface area contributed by atoms with Crippen molar-refractivity contribution in [3.63, 3.8) is 0 Å². The highest BCUT2D eigenvalue weighted by Gasteiger charge is 2.10. The molecule has 1 aromatic carbocycles. The second kappa shape index (κ2) is 7.08. The molecule has 1 atom stereocenters. The minimum atomic E-state index is 0.122. The summed E-state index contributed by atoms with van der Waals surface area (Å²) in [6.45, 7) is 2.45. The van der Waals surface area contributed by atoms with Gasteiger partial charge in [-0.05, 0) is 24.5 Å². The van der Waals surface area contributed by atoms with Crippen molar-refractivity contribution in [2.45, 2.75) is 32.4 Å². The fourth-order valence-corrected chi connectivity index (χ4v) is 2.00. The molecule has 0 radical (unpaired) electrons. The second-order valence-corrected chi connectivity index (χ2v) is 5.02. The Morgan fingerprint density at radius 1 is 1.38 bits per heavy atom. The molecule has 2 N–H and O–H groups in total. The van der Waals surface area contributed by atoms with Crippen molar-refractivity contribution in [3.05, 3.63) is 35.7 Å². The molecule has 0 amide bonds. The highest BCUT2D eigenvalue weighted by Crippen LogP contribution is 2.26. The fourth-order valence-electron chi connectivity index (χ4n) is 2.00. The predicted molar refractivity (Wildman–Crippen MR) is 80.3 cm³/mol. The smallest absolute Gasteiger partial charge is 0.134 e. The zero-order chi connectivity index (χ0) is 15.2. The zero-order valence-corrected chi connectivity index (χ0v) is 12.7. The molecule has 0 bridgehead atoms. The van der Waals surface area contributed by atoms with Gasteiger partial charge in [0.1, 0.15) is 23.8 Å². The Balaban J connectivity index is 2.13. The maximum atomic E-state index is 6.04. The van der Waals surface area contributed by atoms with Crippen LogP contribution in [-0.2, 0) is 20.1 Å². The van der Waals surface area contributed by atoms with Crippen LogP contribution in [0.15, 0.2) is 24.4 Å². The normalized spacial score (nSPS) is 12.2. The van der Waals surface area contributed by atoms with Gasteiger partial charge in [0.15, 0.2) is 0 Å². The van der Waals surface area contributed by atoms with Gasteiger partial charge in [0.2, 0.25) is 0 Å². The average Bonchev–Trinajstić information content (AvgIpc) is 2.91. The van der Waals surface area contributed by atoms with Crippen molar-refractivity contribution in [3.8, 4) is 11.5 Å². The lowest BCUT2D eigenvalue weighted by atomic mass is 10.0. The van der Waals surface area contributed by atoms with Crippen LogP contribution in [0.4, 0.5) is 0 Å². The van der Waals surface area contributed by atoms with E-state index in [0.29, 0.717) is 6.61 Å². The van der Waals surface area contributed by atoms with Crippen LogP contribution in [0.1, 0.15) is 24.6 Å². The summed E-state index contributed by atoms with van der Waals surface area (Å²) in [4.78, 5) is 0. The lowest BCUT2D eigenvalue weighted by Crippen LogP contribution is -2.21. The molecule has 0 saturated carbocycles. The first-order valence-corrected chi connectivity index (χ1v) is 7.02. The maximum absolute atomic E-state index is 6.04. The van der Waals surface area contributed by atoms with E-state index >= 15 is 0 Å². The number of hydrogen-bond acceptors (Lipinski definition) is 5.